The van der Waals surface area contributed by atoms with Crippen molar-refractivity contribution in [3.05, 3.63) is 39.7 Å². The van der Waals surface area contributed by atoms with Crippen molar-refractivity contribution in [2.24, 2.45) is 0 Å². The summed E-state index contributed by atoms with van der Waals surface area (Å²) in [5.74, 6) is 0. The van der Waals surface area contributed by atoms with Crippen LogP contribution in [0.3, 0.4) is 0 Å². The molecule has 1 rings (SSSR count). The van der Waals surface area contributed by atoms with Crippen molar-refractivity contribution in [2.75, 3.05) is 0 Å². The zero-order valence-electron chi connectivity index (χ0n) is 11.6. The van der Waals surface area contributed by atoms with Gasteiger partial charge in [0.1, 0.15) is 0 Å². The molecule has 1 N–H and O–H groups in total. The molecule has 0 heterocycles. The van der Waals surface area contributed by atoms with Crippen molar-refractivity contribution in [2.45, 2.75) is 50.5 Å². The van der Waals surface area contributed by atoms with E-state index in [1.807, 2.05) is 30.3 Å². The Morgan fingerprint density at radius 2 is 1.89 bits per heavy atom. The third kappa shape index (κ3) is 4.86. The molecule has 1 aromatic carbocycles. The second-order valence-electron chi connectivity index (χ2n) is 4.98. The van der Waals surface area contributed by atoms with Crippen molar-refractivity contribution in [1.82, 2.24) is 0 Å². The number of halogens is 1. The van der Waals surface area contributed by atoms with E-state index in [1.165, 1.54) is 0 Å². The monoisotopic (exact) mass is 344 g/mol. The molecule has 1 unspecified atom stereocenters. The largest absolute Gasteiger partial charge is 0.385 e. The molecule has 0 aliphatic carbocycles. The van der Waals surface area contributed by atoms with Gasteiger partial charge in [-0.2, -0.15) is 0 Å². The smallest absolute Gasteiger partial charge is 0.0913 e. The van der Waals surface area contributed by atoms with Crippen LogP contribution in [0.15, 0.2) is 44.6 Å². The quantitative estimate of drug-likeness (QED) is 0.832. The highest BCUT2D eigenvalue weighted by Crippen LogP contribution is 2.32. The number of hydrogen-bond acceptors (Lipinski definition) is 2. The lowest BCUT2D eigenvalue weighted by atomic mass is 10.1. The molecular formula is C15H21BrO2S. The molecule has 2 nitrogen and oxygen atoms in total. The first-order valence-corrected chi connectivity index (χ1v) is 8.40. The molecule has 0 aliphatic heterocycles. The summed E-state index contributed by atoms with van der Waals surface area (Å²) in [4.78, 5) is 1.55. The lowest BCUT2D eigenvalue weighted by Gasteiger charge is -2.21. The van der Waals surface area contributed by atoms with Crippen LogP contribution in [0.1, 0.15) is 40.0 Å². The van der Waals surface area contributed by atoms with E-state index in [0.717, 1.165) is 29.1 Å². The summed E-state index contributed by atoms with van der Waals surface area (Å²) < 4.78 is 13.3. The molecule has 0 aliphatic rings. The van der Waals surface area contributed by atoms with Gasteiger partial charge in [0.25, 0.3) is 0 Å². The fourth-order valence-corrected chi connectivity index (χ4v) is 3.72. The van der Waals surface area contributed by atoms with Gasteiger partial charge in [-0.3, -0.25) is 0 Å². The van der Waals surface area contributed by atoms with Gasteiger partial charge in [0, 0.05) is 14.3 Å². The van der Waals surface area contributed by atoms with Crippen molar-refractivity contribution in [1.29, 1.82) is 0 Å². The first-order chi connectivity index (χ1) is 8.88. The number of hydrogen-bond donors (Lipinski definition) is 1. The highest BCUT2D eigenvalue weighted by Gasteiger charge is 2.24. The third-order valence-electron chi connectivity index (χ3n) is 2.72. The van der Waals surface area contributed by atoms with E-state index in [9.17, 15) is 9.32 Å². The average Bonchev–Trinajstić information content (AvgIpc) is 2.38. The Labute approximate surface area is 126 Å². The van der Waals surface area contributed by atoms with Crippen LogP contribution in [0.4, 0.5) is 0 Å². The van der Waals surface area contributed by atoms with Crippen molar-refractivity contribution < 1.29 is 9.32 Å². The maximum atomic E-state index is 12.7. The second kappa shape index (κ2) is 7.36. The third-order valence-corrected chi connectivity index (χ3v) is 5.99. The molecule has 0 bridgehead atoms. The van der Waals surface area contributed by atoms with Gasteiger partial charge in [0.05, 0.1) is 16.4 Å². The highest BCUT2D eigenvalue weighted by molar-refractivity contribution is 9.11. The van der Waals surface area contributed by atoms with Gasteiger partial charge in [-0.25, -0.2) is 4.21 Å². The van der Waals surface area contributed by atoms with Crippen molar-refractivity contribution in [3.63, 3.8) is 0 Å². The standard InChI is InChI=1S/C15H21BrO2S/c1-4-5-11-13(14(16)15(2,3)17)19(18)12-9-7-6-8-10-12/h6-10,17H,4-5,11H2,1-3H3/b14-13+. The van der Waals surface area contributed by atoms with E-state index in [-0.39, 0.29) is 0 Å². The average molecular weight is 345 g/mol. The molecule has 19 heavy (non-hydrogen) atoms. The molecule has 106 valence electrons. The van der Waals surface area contributed by atoms with E-state index < -0.39 is 16.4 Å². The predicted octanol–water partition coefficient (Wildman–Crippen LogP) is 4.36. The molecule has 0 fully saturated rings. The molecule has 0 saturated carbocycles. The zero-order valence-corrected chi connectivity index (χ0v) is 14.1. The van der Waals surface area contributed by atoms with Gasteiger partial charge < -0.3 is 5.11 Å². The van der Waals surface area contributed by atoms with Gasteiger partial charge in [0.15, 0.2) is 0 Å². The molecule has 0 radical (unpaired) electrons. The molecule has 4 heteroatoms. The van der Waals surface area contributed by atoms with Crippen LogP contribution in [-0.4, -0.2) is 14.9 Å². The number of aliphatic hydroxyl groups is 1. The fourth-order valence-electron chi connectivity index (χ4n) is 1.65. The SMILES string of the molecule is CCCC/C(=C(\Br)C(C)(C)O)S(=O)c1ccccc1. The summed E-state index contributed by atoms with van der Waals surface area (Å²) in [5.41, 5.74) is -1.01. The van der Waals surface area contributed by atoms with E-state index in [4.69, 9.17) is 0 Å². The predicted molar refractivity (Wildman–Crippen MR) is 84.6 cm³/mol. The van der Waals surface area contributed by atoms with Gasteiger partial charge in [0.2, 0.25) is 0 Å². The van der Waals surface area contributed by atoms with Crippen LogP contribution in [0.2, 0.25) is 0 Å². The summed E-state index contributed by atoms with van der Waals surface area (Å²) >= 11 is 3.43. The van der Waals surface area contributed by atoms with E-state index >= 15 is 0 Å². The topological polar surface area (TPSA) is 37.3 Å². The maximum absolute atomic E-state index is 12.7. The normalized spacial score (nSPS) is 15.0. The maximum Gasteiger partial charge on any atom is 0.0913 e. The van der Waals surface area contributed by atoms with Crippen LogP contribution >= 0.6 is 15.9 Å². The molecule has 0 aromatic heterocycles. The van der Waals surface area contributed by atoms with Crippen molar-refractivity contribution in [3.8, 4) is 0 Å². The molecule has 1 aromatic rings. The minimum atomic E-state index is -1.23. The summed E-state index contributed by atoms with van der Waals surface area (Å²) in [6, 6.07) is 9.37. The zero-order chi connectivity index (χ0) is 14.5. The highest BCUT2D eigenvalue weighted by atomic mass is 79.9. The van der Waals surface area contributed by atoms with Gasteiger partial charge in [-0.15, -0.1) is 0 Å². The number of allylic oxidation sites excluding steroid dienone is 1. The summed E-state index contributed by atoms with van der Waals surface area (Å²) in [6.45, 7) is 5.50. The summed E-state index contributed by atoms with van der Waals surface area (Å²) in [5, 5.41) is 10.1. The Morgan fingerprint density at radius 1 is 1.32 bits per heavy atom. The van der Waals surface area contributed by atoms with Crippen LogP contribution < -0.4 is 0 Å². The Bertz CT molecular complexity index is 461. The fraction of sp³-hybridized carbons (Fsp3) is 0.467. The van der Waals surface area contributed by atoms with Crippen LogP contribution in [-0.2, 0) is 10.8 Å². The Morgan fingerprint density at radius 3 is 2.37 bits per heavy atom. The Kier molecular flexibility index (Phi) is 6.43. The Hall–Kier alpha value is -0.450. The molecular weight excluding hydrogens is 324 g/mol. The first kappa shape index (κ1) is 16.6. The molecule has 1 atom stereocenters. The first-order valence-electron chi connectivity index (χ1n) is 6.46. The number of benzene rings is 1. The Balaban J connectivity index is 3.15. The molecule has 0 amide bonds. The molecule has 0 spiro atoms. The molecule has 0 saturated heterocycles. The van der Waals surface area contributed by atoms with E-state index in [1.54, 1.807) is 13.8 Å². The summed E-state index contributed by atoms with van der Waals surface area (Å²) in [7, 11) is -1.23. The van der Waals surface area contributed by atoms with Gasteiger partial charge in [-0.05, 0) is 38.8 Å². The van der Waals surface area contributed by atoms with Gasteiger partial charge >= 0.3 is 0 Å². The summed E-state index contributed by atoms with van der Waals surface area (Å²) in [6.07, 6.45) is 2.71. The lowest BCUT2D eigenvalue weighted by molar-refractivity contribution is 0.129. The van der Waals surface area contributed by atoms with E-state index in [0.29, 0.717) is 4.48 Å². The second-order valence-corrected chi connectivity index (χ2v) is 7.28. The van der Waals surface area contributed by atoms with Crippen LogP contribution in [0.25, 0.3) is 0 Å². The van der Waals surface area contributed by atoms with Gasteiger partial charge in [-0.1, -0.05) is 47.5 Å². The lowest BCUT2D eigenvalue weighted by Crippen LogP contribution is -2.21. The van der Waals surface area contributed by atoms with Crippen LogP contribution in [0, 0.1) is 0 Å². The van der Waals surface area contributed by atoms with Crippen LogP contribution in [0.5, 0.6) is 0 Å². The van der Waals surface area contributed by atoms with Crippen molar-refractivity contribution >= 4 is 26.7 Å². The minimum absolute atomic E-state index is 0.635. The number of rotatable bonds is 6. The number of unbranched alkanes of at least 4 members (excludes halogenated alkanes) is 1. The van der Waals surface area contributed by atoms with E-state index in [2.05, 4.69) is 22.9 Å². The minimum Gasteiger partial charge on any atom is -0.385 e.